The smallest absolute Gasteiger partial charge is 0.255 e. The third kappa shape index (κ3) is 5.04. The first kappa shape index (κ1) is 18.4. The number of pyridine rings is 1. The zero-order valence-electron chi connectivity index (χ0n) is 14.8. The van der Waals surface area contributed by atoms with Crippen molar-refractivity contribution >= 4 is 11.6 Å². The van der Waals surface area contributed by atoms with Crippen molar-refractivity contribution in [3.05, 3.63) is 83.9 Å². The predicted molar refractivity (Wildman–Crippen MR) is 101 cm³/mol. The second-order valence-electron chi connectivity index (χ2n) is 5.70. The number of hydrogen-bond donors (Lipinski definition) is 1. The standard InChI is InChI=1S/C21H19FN2O3/c1-2-26-20-13-16(21(25)24-18-6-4-17(22)5-7-18)3-8-19(20)27-14-15-9-11-23-12-10-15/h3-13H,2,14H2,1H3,(H,24,25). The van der Waals surface area contributed by atoms with Crippen molar-refractivity contribution < 1.29 is 18.7 Å². The van der Waals surface area contributed by atoms with Gasteiger partial charge in [-0.1, -0.05) is 0 Å². The largest absolute Gasteiger partial charge is 0.490 e. The molecule has 3 rings (SSSR count). The van der Waals surface area contributed by atoms with Crippen LogP contribution < -0.4 is 14.8 Å². The lowest BCUT2D eigenvalue weighted by atomic mass is 10.1. The van der Waals surface area contributed by atoms with Crippen LogP contribution in [0.3, 0.4) is 0 Å². The van der Waals surface area contributed by atoms with Gasteiger partial charge in [-0.2, -0.15) is 0 Å². The van der Waals surface area contributed by atoms with E-state index in [1.807, 2.05) is 19.1 Å². The van der Waals surface area contributed by atoms with Crippen molar-refractivity contribution in [2.24, 2.45) is 0 Å². The predicted octanol–water partition coefficient (Wildman–Crippen LogP) is 4.45. The maximum Gasteiger partial charge on any atom is 0.255 e. The minimum absolute atomic E-state index is 0.316. The molecule has 1 N–H and O–H groups in total. The SMILES string of the molecule is CCOc1cc(C(=O)Nc2ccc(F)cc2)ccc1OCc1ccncc1. The Morgan fingerprint density at radius 3 is 2.44 bits per heavy atom. The van der Waals surface area contributed by atoms with Crippen molar-refractivity contribution in [1.82, 2.24) is 4.98 Å². The Bertz CT molecular complexity index is 899. The zero-order valence-corrected chi connectivity index (χ0v) is 14.8. The molecule has 0 bridgehead atoms. The first-order valence-corrected chi connectivity index (χ1v) is 8.51. The van der Waals surface area contributed by atoms with Gasteiger partial charge in [0, 0.05) is 23.6 Å². The molecule has 0 unspecified atom stereocenters. The average Bonchev–Trinajstić information content (AvgIpc) is 2.69. The Balaban J connectivity index is 1.73. The van der Waals surface area contributed by atoms with Crippen molar-refractivity contribution in [1.29, 1.82) is 0 Å². The van der Waals surface area contributed by atoms with E-state index in [1.165, 1.54) is 24.3 Å². The molecule has 0 saturated carbocycles. The van der Waals surface area contributed by atoms with E-state index in [2.05, 4.69) is 10.3 Å². The van der Waals surface area contributed by atoms with Crippen LogP contribution in [0.1, 0.15) is 22.8 Å². The van der Waals surface area contributed by atoms with Crippen LogP contribution in [0.4, 0.5) is 10.1 Å². The van der Waals surface area contributed by atoms with Gasteiger partial charge in [0.2, 0.25) is 0 Å². The lowest BCUT2D eigenvalue weighted by Gasteiger charge is -2.13. The summed E-state index contributed by atoms with van der Waals surface area (Å²) < 4.78 is 24.4. The molecule has 0 saturated heterocycles. The molecule has 2 aromatic carbocycles. The maximum atomic E-state index is 13.0. The van der Waals surface area contributed by atoms with Gasteiger partial charge in [-0.25, -0.2) is 4.39 Å². The zero-order chi connectivity index (χ0) is 19.1. The molecule has 0 spiro atoms. The van der Waals surface area contributed by atoms with E-state index >= 15 is 0 Å². The first-order chi connectivity index (χ1) is 13.2. The number of anilines is 1. The van der Waals surface area contributed by atoms with Gasteiger partial charge in [0.25, 0.3) is 5.91 Å². The third-order valence-electron chi connectivity index (χ3n) is 3.75. The Labute approximate surface area is 156 Å². The summed E-state index contributed by atoms with van der Waals surface area (Å²) in [5.41, 5.74) is 1.90. The molecule has 0 fully saturated rings. The molecule has 1 heterocycles. The summed E-state index contributed by atoms with van der Waals surface area (Å²) in [6.45, 7) is 2.66. The van der Waals surface area contributed by atoms with Crippen LogP contribution in [0.25, 0.3) is 0 Å². The molecule has 0 aliphatic carbocycles. The summed E-state index contributed by atoms with van der Waals surface area (Å²) in [4.78, 5) is 16.4. The van der Waals surface area contributed by atoms with Crippen LogP contribution in [0.2, 0.25) is 0 Å². The summed E-state index contributed by atoms with van der Waals surface area (Å²) in [5, 5.41) is 2.72. The Kier molecular flexibility index (Phi) is 5.99. The number of rotatable bonds is 7. The highest BCUT2D eigenvalue weighted by atomic mass is 19.1. The van der Waals surface area contributed by atoms with Crippen LogP contribution in [-0.4, -0.2) is 17.5 Å². The average molecular weight is 366 g/mol. The van der Waals surface area contributed by atoms with Gasteiger partial charge in [-0.05, 0) is 67.1 Å². The molecule has 3 aromatic rings. The number of benzene rings is 2. The first-order valence-electron chi connectivity index (χ1n) is 8.51. The van der Waals surface area contributed by atoms with Crippen LogP contribution in [-0.2, 0) is 6.61 Å². The molecule has 6 heteroatoms. The molecular weight excluding hydrogens is 347 g/mol. The summed E-state index contributed by atoms with van der Waals surface area (Å²) in [6, 6.07) is 14.3. The van der Waals surface area contributed by atoms with E-state index in [0.29, 0.717) is 36.0 Å². The molecule has 1 aromatic heterocycles. The normalized spacial score (nSPS) is 10.3. The molecular formula is C21H19FN2O3. The summed E-state index contributed by atoms with van der Waals surface area (Å²) in [6.07, 6.45) is 3.40. The van der Waals surface area contributed by atoms with Gasteiger partial charge in [-0.15, -0.1) is 0 Å². The van der Waals surface area contributed by atoms with Gasteiger partial charge in [0.1, 0.15) is 12.4 Å². The Morgan fingerprint density at radius 2 is 1.74 bits per heavy atom. The van der Waals surface area contributed by atoms with Gasteiger partial charge < -0.3 is 14.8 Å². The molecule has 0 aliphatic heterocycles. The van der Waals surface area contributed by atoms with E-state index in [0.717, 1.165) is 5.56 Å². The fourth-order valence-corrected chi connectivity index (χ4v) is 2.41. The third-order valence-corrected chi connectivity index (χ3v) is 3.75. The van der Waals surface area contributed by atoms with Gasteiger partial charge in [0.05, 0.1) is 6.61 Å². The summed E-state index contributed by atoms with van der Waals surface area (Å²) >= 11 is 0. The van der Waals surface area contributed by atoms with E-state index in [-0.39, 0.29) is 11.7 Å². The fourth-order valence-electron chi connectivity index (χ4n) is 2.41. The number of aromatic nitrogens is 1. The van der Waals surface area contributed by atoms with E-state index in [4.69, 9.17) is 9.47 Å². The number of ether oxygens (including phenoxy) is 2. The fraction of sp³-hybridized carbons (Fsp3) is 0.143. The Morgan fingerprint density at radius 1 is 1.00 bits per heavy atom. The number of hydrogen-bond acceptors (Lipinski definition) is 4. The highest BCUT2D eigenvalue weighted by Gasteiger charge is 2.12. The van der Waals surface area contributed by atoms with Crippen molar-refractivity contribution in [3.63, 3.8) is 0 Å². The second-order valence-corrected chi connectivity index (χ2v) is 5.70. The van der Waals surface area contributed by atoms with Crippen molar-refractivity contribution in [2.75, 3.05) is 11.9 Å². The highest BCUT2D eigenvalue weighted by molar-refractivity contribution is 6.04. The topological polar surface area (TPSA) is 60.5 Å². The number of halogens is 1. The van der Waals surface area contributed by atoms with Gasteiger partial charge in [-0.3, -0.25) is 9.78 Å². The summed E-state index contributed by atoms with van der Waals surface area (Å²) in [5.74, 6) is 0.357. The minimum atomic E-state index is -0.359. The monoisotopic (exact) mass is 366 g/mol. The van der Waals surface area contributed by atoms with Gasteiger partial charge >= 0.3 is 0 Å². The number of nitrogens with zero attached hydrogens (tertiary/aromatic N) is 1. The van der Waals surface area contributed by atoms with Crippen molar-refractivity contribution in [2.45, 2.75) is 13.5 Å². The van der Waals surface area contributed by atoms with Crippen LogP contribution in [0.5, 0.6) is 11.5 Å². The van der Waals surface area contributed by atoms with Crippen LogP contribution in [0.15, 0.2) is 67.0 Å². The number of nitrogens with one attached hydrogen (secondary N) is 1. The molecule has 27 heavy (non-hydrogen) atoms. The number of carbonyl (C=O) groups excluding carboxylic acids is 1. The lowest BCUT2D eigenvalue weighted by Crippen LogP contribution is -2.12. The molecule has 138 valence electrons. The van der Waals surface area contributed by atoms with Crippen LogP contribution in [0, 0.1) is 5.82 Å². The highest BCUT2D eigenvalue weighted by Crippen LogP contribution is 2.29. The van der Waals surface area contributed by atoms with E-state index in [1.54, 1.807) is 30.6 Å². The second kappa shape index (κ2) is 8.80. The van der Waals surface area contributed by atoms with E-state index in [9.17, 15) is 9.18 Å². The molecule has 0 atom stereocenters. The quantitative estimate of drug-likeness (QED) is 0.671. The Hall–Kier alpha value is -3.41. The molecule has 5 nitrogen and oxygen atoms in total. The van der Waals surface area contributed by atoms with Gasteiger partial charge in [0.15, 0.2) is 11.5 Å². The van der Waals surface area contributed by atoms with Crippen LogP contribution >= 0.6 is 0 Å². The summed E-state index contributed by atoms with van der Waals surface area (Å²) in [7, 11) is 0. The van der Waals surface area contributed by atoms with Crippen molar-refractivity contribution in [3.8, 4) is 11.5 Å². The van der Waals surface area contributed by atoms with E-state index < -0.39 is 0 Å². The maximum absolute atomic E-state index is 13.0. The molecule has 0 aliphatic rings. The number of amides is 1. The molecule has 0 radical (unpaired) electrons. The minimum Gasteiger partial charge on any atom is -0.490 e. The lowest BCUT2D eigenvalue weighted by molar-refractivity contribution is 0.102. The number of carbonyl (C=O) groups is 1. The molecule has 1 amide bonds.